The number of ketones is 1. The molecular formula is C14H10N2O2. The van der Waals surface area contributed by atoms with Crippen LogP contribution in [0.15, 0.2) is 42.6 Å². The third-order valence-corrected chi connectivity index (χ3v) is 3.02. The lowest BCUT2D eigenvalue weighted by Gasteiger charge is -1.99. The summed E-state index contributed by atoms with van der Waals surface area (Å²) >= 11 is 0. The van der Waals surface area contributed by atoms with Crippen molar-refractivity contribution in [2.24, 2.45) is 5.73 Å². The molecule has 0 aliphatic carbocycles. The molecule has 3 aromatic rings. The predicted octanol–water partition coefficient (Wildman–Crippen LogP) is 1.99. The van der Waals surface area contributed by atoms with Crippen LogP contribution in [-0.2, 0) is 4.79 Å². The van der Waals surface area contributed by atoms with Gasteiger partial charge in [-0.1, -0.05) is 24.3 Å². The third-order valence-electron chi connectivity index (χ3n) is 3.02. The molecule has 0 saturated carbocycles. The van der Waals surface area contributed by atoms with Gasteiger partial charge in [0.1, 0.15) is 0 Å². The van der Waals surface area contributed by atoms with Crippen molar-refractivity contribution in [1.29, 1.82) is 0 Å². The monoisotopic (exact) mass is 238 g/mol. The summed E-state index contributed by atoms with van der Waals surface area (Å²) in [5.74, 6) is -1.61. The number of hydrogen-bond donors (Lipinski definition) is 2. The summed E-state index contributed by atoms with van der Waals surface area (Å²) in [6.07, 6.45) is 1.52. The van der Waals surface area contributed by atoms with Gasteiger partial charge in [-0.25, -0.2) is 0 Å². The van der Waals surface area contributed by atoms with Crippen molar-refractivity contribution in [3.05, 3.63) is 48.2 Å². The van der Waals surface area contributed by atoms with Crippen molar-refractivity contribution in [3.63, 3.8) is 0 Å². The fourth-order valence-electron chi connectivity index (χ4n) is 2.13. The Balaban J connectivity index is 2.33. The highest BCUT2D eigenvalue weighted by Crippen LogP contribution is 2.25. The van der Waals surface area contributed by atoms with Gasteiger partial charge in [-0.3, -0.25) is 9.59 Å². The Morgan fingerprint density at radius 2 is 1.72 bits per heavy atom. The van der Waals surface area contributed by atoms with Crippen LogP contribution in [0, 0.1) is 0 Å². The lowest BCUT2D eigenvalue weighted by atomic mass is 10.0. The Morgan fingerprint density at radius 3 is 2.39 bits per heavy atom. The molecule has 1 amide bonds. The predicted molar refractivity (Wildman–Crippen MR) is 69.3 cm³/mol. The molecule has 2 aromatic carbocycles. The Morgan fingerprint density at radius 1 is 1.06 bits per heavy atom. The zero-order valence-corrected chi connectivity index (χ0v) is 9.44. The first-order valence-electron chi connectivity index (χ1n) is 5.51. The van der Waals surface area contributed by atoms with Gasteiger partial charge in [-0.15, -0.1) is 0 Å². The minimum absolute atomic E-state index is 0.322. The van der Waals surface area contributed by atoms with Crippen LogP contribution in [-0.4, -0.2) is 16.7 Å². The number of carbonyl (C=O) groups is 2. The SMILES string of the molecule is NC(=O)C(=O)c1c[nH]c2cc3ccccc3cc12. The van der Waals surface area contributed by atoms with E-state index in [1.807, 2.05) is 36.4 Å². The van der Waals surface area contributed by atoms with Crippen LogP contribution in [0.4, 0.5) is 0 Å². The number of fused-ring (bicyclic) bond motifs is 2. The highest BCUT2D eigenvalue weighted by Gasteiger charge is 2.17. The molecule has 88 valence electrons. The van der Waals surface area contributed by atoms with E-state index >= 15 is 0 Å². The van der Waals surface area contributed by atoms with Crippen molar-refractivity contribution in [1.82, 2.24) is 4.98 Å². The van der Waals surface area contributed by atoms with E-state index in [-0.39, 0.29) is 0 Å². The number of nitrogens with two attached hydrogens (primary N) is 1. The van der Waals surface area contributed by atoms with Gasteiger partial charge < -0.3 is 10.7 Å². The number of amides is 1. The van der Waals surface area contributed by atoms with Gasteiger partial charge in [0.2, 0.25) is 0 Å². The molecule has 0 unspecified atom stereocenters. The quantitative estimate of drug-likeness (QED) is 0.529. The first-order chi connectivity index (χ1) is 8.66. The van der Waals surface area contributed by atoms with Crippen LogP contribution in [0.25, 0.3) is 21.7 Å². The van der Waals surface area contributed by atoms with Crippen molar-refractivity contribution >= 4 is 33.4 Å². The molecular weight excluding hydrogens is 228 g/mol. The summed E-state index contributed by atoms with van der Waals surface area (Å²) in [6.45, 7) is 0. The van der Waals surface area contributed by atoms with E-state index in [2.05, 4.69) is 4.98 Å². The van der Waals surface area contributed by atoms with Crippen molar-refractivity contribution in [2.45, 2.75) is 0 Å². The first-order valence-corrected chi connectivity index (χ1v) is 5.51. The minimum Gasteiger partial charge on any atom is -0.363 e. The van der Waals surface area contributed by atoms with E-state index in [0.717, 1.165) is 21.7 Å². The lowest BCUT2D eigenvalue weighted by Crippen LogP contribution is -2.22. The number of benzene rings is 2. The lowest BCUT2D eigenvalue weighted by molar-refractivity contribution is -0.114. The Labute approximate surface area is 102 Å². The zero-order chi connectivity index (χ0) is 12.7. The molecule has 18 heavy (non-hydrogen) atoms. The van der Waals surface area contributed by atoms with Crippen LogP contribution >= 0.6 is 0 Å². The van der Waals surface area contributed by atoms with E-state index in [1.165, 1.54) is 6.20 Å². The molecule has 1 aromatic heterocycles. The Hall–Kier alpha value is -2.62. The number of rotatable bonds is 2. The number of aromatic amines is 1. The molecule has 4 nitrogen and oxygen atoms in total. The van der Waals surface area contributed by atoms with Gasteiger partial charge >= 0.3 is 0 Å². The number of Topliss-reactive ketones (excluding diaryl/α,β-unsaturated/α-hetero) is 1. The summed E-state index contributed by atoms with van der Waals surface area (Å²) in [5.41, 5.74) is 6.17. The van der Waals surface area contributed by atoms with Crippen molar-refractivity contribution in [2.75, 3.05) is 0 Å². The van der Waals surface area contributed by atoms with E-state index in [1.54, 1.807) is 0 Å². The average molecular weight is 238 g/mol. The molecule has 4 heteroatoms. The largest absolute Gasteiger partial charge is 0.363 e. The van der Waals surface area contributed by atoms with Crippen LogP contribution in [0.2, 0.25) is 0 Å². The van der Waals surface area contributed by atoms with Crippen molar-refractivity contribution in [3.8, 4) is 0 Å². The second-order valence-electron chi connectivity index (χ2n) is 4.14. The highest BCUT2D eigenvalue weighted by atomic mass is 16.2. The van der Waals surface area contributed by atoms with E-state index in [9.17, 15) is 9.59 Å². The van der Waals surface area contributed by atoms with E-state index in [4.69, 9.17) is 5.73 Å². The average Bonchev–Trinajstić information content (AvgIpc) is 2.77. The van der Waals surface area contributed by atoms with Gasteiger partial charge in [0, 0.05) is 17.1 Å². The van der Waals surface area contributed by atoms with Gasteiger partial charge in [-0.05, 0) is 22.9 Å². The highest BCUT2D eigenvalue weighted by molar-refractivity contribution is 6.44. The first kappa shape index (κ1) is 10.5. The van der Waals surface area contributed by atoms with Gasteiger partial charge in [0.05, 0.1) is 5.56 Å². The zero-order valence-electron chi connectivity index (χ0n) is 9.44. The molecule has 0 atom stereocenters. The molecule has 0 fully saturated rings. The van der Waals surface area contributed by atoms with Crippen LogP contribution in [0.3, 0.4) is 0 Å². The van der Waals surface area contributed by atoms with Gasteiger partial charge in [0.25, 0.3) is 11.7 Å². The number of primary amides is 1. The second-order valence-corrected chi connectivity index (χ2v) is 4.14. The smallest absolute Gasteiger partial charge is 0.289 e. The Kier molecular flexibility index (Phi) is 2.16. The van der Waals surface area contributed by atoms with E-state index < -0.39 is 11.7 Å². The summed E-state index contributed by atoms with van der Waals surface area (Å²) < 4.78 is 0. The van der Waals surface area contributed by atoms with Gasteiger partial charge in [0.15, 0.2) is 0 Å². The Bertz CT molecular complexity index is 787. The maximum absolute atomic E-state index is 11.7. The molecule has 3 rings (SSSR count). The maximum Gasteiger partial charge on any atom is 0.289 e. The molecule has 0 saturated heterocycles. The number of H-pyrrole nitrogens is 1. The normalized spacial score (nSPS) is 10.9. The van der Waals surface area contributed by atoms with Crippen LogP contribution < -0.4 is 5.73 Å². The number of carbonyl (C=O) groups excluding carboxylic acids is 2. The maximum atomic E-state index is 11.7. The fraction of sp³-hybridized carbons (Fsp3) is 0. The standard InChI is InChI=1S/C14H10N2O2/c15-14(18)13(17)11-7-16-12-6-9-4-2-1-3-8(9)5-10(11)12/h1-7,16H,(H2,15,18). The summed E-state index contributed by atoms with van der Waals surface area (Å²) in [6, 6.07) is 11.7. The summed E-state index contributed by atoms with van der Waals surface area (Å²) in [7, 11) is 0. The fourth-order valence-corrected chi connectivity index (χ4v) is 2.13. The number of nitrogens with one attached hydrogen (secondary N) is 1. The van der Waals surface area contributed by atoms with Crippen LogP contribution in [0.5, 0.6) is 0 Å². The van der Waals surface area contributed by atoms with Crippen LogP contribution in [0.1, 0.15) is 10.4 Å². The second kappa shape index (κ2) is 3.70. The molecule has 0 aliphatic heterocycles. The van der Waals surface area contributed by atoms with Gasteiger partial charge in [-0.2, -0.15) is 0 Å². The van der Waals surface area contributed by atoms with Crippen molar-refractivity contribution < 1.29 is 9.59 Å². The molecule has 0 aliphatic rings. The number of aromatic nitrogens is 1. The van der Waals surface area contributed by atoms with E-state index in [0.29, 0.717) is 5.56 Å². The summed E-state index contributed by atoms with van der Waals surface area (Å²) in [4.78, 5) is 25.6. The third kappa shape index (κ3) is 1.47. The minimum atomic E-state index is -0.941. The topological polar surface area (TPSA) is 76.0 Å². The molecule has 3 N–H and O–H groups in total. The number of hydrogen-bond acceptors (Lipinski definition) is 2. The molecule has 0 bridgehead atoms. The molecule has 0 radical (unpaired) electrons. The summed E-state index contributed by atoms with van der Waals surface area (Å²) in [5, 5.41) is 2.81. The molecule has 1 heterocycles. The molecule has 0 spiro atoms.